The van der Waals surface area contributed by atoms with Crippen molar-refractivity contribution in [1.29, 1.82) is 0 Å². The Morgan fingerprint density at radius 3 is 1.81 bits per heavy atom. The molecular weight excluding hydrogens is 490 g/mol. The van der Waals surface area contributed by atoms with Gasteiger partial charge in [-0.1, -0.05) is 13.8 Å². The quantitative estimate of drug-likeness (QED) is 0.0472. The van der Waals surface area contributed by atoms with Crippen molar-refractivity contribution in [3.05, 3.63) is 0 Å². The molecule has 210 valence electrons. The molecule has 4 atom stereocenters. The van der Waals surface area contributed by atoms with E-state index >= 15 is 0 Å². The number of nitrogens with one attached hydrogen (secondary N) is 3. The van der Waals surface area contributed by atoms with Crippen molar-refractivity contribution in [2.45, 2.75) is 76.5 Å². The maximum Gasteiger partial charge on any atom is 0.326 e. The van der Waals surface area contributed by atoms with Crippen LogP contribution < -0.4 is 44.6 Å². The number of nitrogens with two attached hydrogens (primary N) is 5. The molecule has 14 N–H and O–H groups in total. The highest BCUT2D eigenvalue weighted by molar-refractivity contribution is 5.95. The van der Waals surface area contributed by atoms with Gasteiger partial charge in [-0.05, 0) is 31.6 Å². The Kier molecular flexibility index (Phi) is 14.9. The number of amides is 5. The first-order chi connectivity index (χ1) is 17.1. The number of aliphatic imine (C=N–C) groups is 1. The molecule has 0 aromatic rings. The number of carbonyl (C=O) groups excluding carboxylic acids is 5. The van der Waals surface area contributed by atoms with Crippen LogP contribution in [-0.2, 0) is 28.8 Å². The number of hydrogen-bond donors (Lipinski definition) is 9. The van der Waals surface area contributed by atoms with Crippen molar-refractivity contribution >= 4 is 41.5 Å². The van der Waals surface area contributed by atoms with Gasteiger partial charge in [0.2, 0.25) is 29.5 Å². The summed E-state index contributed by atoms with van der Waals surface area (Å²) in [6.45, 7) is 3.73. The van der Waals surface area contributed by atoms with Gasteiger partial charge in [-0.2, -0.15) is 0 Å². The summed E-state index contributed by atoms with van der Waals surface area (Å²) >= 11 is 0. The summed E-state index contributed by atoms with van der Waals surface area (Å²) in [5.41, 5.74) is 26.3. The normalized spacial score (nSPS) is 13.9. The summed E-state index contributed by atoms with van der Waals surface area (Å²) in [6.07, 6.45) is -0.543. The molecule has 5 amide bonds. The molecule has 0 aromatic carbocycles. The summed E-state index contributed by atoms with van der Waals surface area (Å²) in [5.74, 6) is -5.57. The van der Waals surface area contributed by atoms with Gasteiger partial charge in [0.05, 0.1) is 12.5 Å². The van der Waals surface area contributed by atoms with Gasteiger partial charge in [-0.15, -0.1) is 0 Å². The van der Waals surface area contributed by atoms with E-state index in [4.69, 9.17) is 28.7 Å². The molecule has 0 saturated heterocycles. The van der Waals surface area contributed by atoms with Gasteiger partial charge in [-0.25, -0.2) is 4.79 Å². The molecule has 0 fully saturated rings. The second-order valence-electron chi connectivity index (χ2n) is 8.88. The van der Waals surface area contributed by atoms with E-state index in [-0.39, 0.29) is 50.5 Å². The van der Waals surface area contributed by atoms with Crippen LogP contribution in [-0.4, -0.2) is 77.3 Å². The lowest BCUT2D eigenvalue weighted by Crippen LogP contribution is -2.57. The third kappa shape index (κ3) is 14.9. The van der Waals surface area contributed by atoms with Gasteiger partial charge in [0, 0.05) is 13.0 Å². The minimum Gasteiger partial charge on any atom is -0.480 e. The number of carboxylic acid groups (broad SMARTS) is 1. The third-order valence-electron chi connectivity index (χ3n) is 4.97. The second-order valence-corrected chi connectivity index (χ2v) is 8.88. The van der Waals surface area contributed by atoms with Crippen molar-refractivity contribution < 1.29 is 33.9 Å². The number of primary amides is 2. The average Bonchev–Trinajstić information content (AvgIpc) is 2.76. The smallest absolute Gasteiger partial charge is 0.326 e. The topological polar surface area (TPSA) is 301 Å². The minimum absolute atomic E-state index is 0.0231. The zero-order chi connectivity index (χ0) is 28.7. The lowest BCUT2D eigenvalue weighted by Gasteiger charge is -2.26. The van der Waals surface area contributed by atoms with Crippen LogP contribution in [0.1, 0.15) is 52.4 Å². The molecule has 0 rings (SSSR count). The first-order valence-electron chi connectivity index (χ1n) is 11.6. The lowest BCUT2D eigenvalue weighted by molar-refractivity contribution is -0.142. The highest BCUT2D eigenvalue weighted by atomic mass is 16.4. The number of nitrogens with zero attached hydrogens (tertiary/aromatic N) is 1. The standard InChI is InChI=1S/C21H39N9O7/c1-10(2)8-14(19(35)29-13(20(36)37)4-3-7-27-21(25)26)30-18(34)12(5-6-15(23)31)28-17(33)11(22)9-16(24)32/h10-14H,3-9,22H2,1-2H3,(H2,23,31)(H2,24,32)(H,28,33)(H,29,35)(H,30,34)(H,36,37)(H4,25,26,27). The number of guanidine groups is 1. The number of aliphatic carboxylic acids is 1. The van der Waals surface area contributed by atoms with E-state index in [0.29, 0.717) is 0 Å². The van der Waals surface area contributed by atoms with E-state index in [1.807, 2.05) is 0 Å². The van der Waals surface area contributed by atoms with Gasteiger partial charge >= 0.3 is 5.97 Å². The van der Waals surface area contributed by atoms with E-state index < -0.39 is 66.1 Å². The molecule has 16 heteroatoms. The molecule has 0 aliphatic heterocycles. The Hall–Kier alpha value is -3.95. The van der Waals surface area contributed by atoms with Crippen LogP contribution in [0.3, 0.4) is 0 Å². The zero-order valence-corrected chi connectivity index (χ0v) is 21.1. The Morgan fingerprint density at radius 2 is 1.32 bits per heavy atom. The first-order valence-corrected chi connectivity index (χ1v) is 11.6. The molecule has 0 aliphatic rings. The zero-order valence-electron chi connectivity index (χ0n) is 21.1. The van der Waals surface area contributed by atoms with Crippen LogP contribution in [0.4, 0.5) is 0 Å². The van der Waals surface area contributed by atoms with Crippen molar-refractivity contribution in [3.63, 3.8) is 0 Å². The van der Waals surface area contributed by atoms with Crippen LogP contribution in [0.25, 0.3) is 0 Å². The average molecular weight is 530 g/mol. The van der Waals surface area contributed by atoms with Gasteiger partial charge in [0.25, 0.3) is 0 Å². The highest BCUT2D eigenvalue weighted by Gasteiger charge is 2.31. The summed E-state index contributed by atoms with van der Waals surface area (Å²) in [4.78, 5) is 75.9. The summed E-state index contributed by atoms with van der Waals surface area (Å²) in [7, 11) is 0. The van der Waals surface area contributed by atoms with Crippen molar-refractivity contribution in [2.75, 3.05) is 6.54 Å². The lowest BCUT2D eigenvalue weighted by atomic mass is 10.0. The van der Waals surface area contributed by atoms with Crippen LogP contribution in [0, 0.1) is 5.92 Å². The number of carboxylic acids is 1. The van der Waals surface area contributed by atoms with E-state index in [9.17, 15) is 33.9 Å². The Bertz CT molecular complexity index is 859. The predicted molar refractivity (Wildman–Crippen MR) is 133 cm³/mol. The van der Waals surface area contributed by atoms with Gasteiger partial charge in [0.1, 0.15) is 18.1 Å². The van der Waals surface area contributed by atoms with Crippen molar-refractivity contribution in [1.82, 2.24) is 16.0 Å². The Balaban J connectivity index is 5.55. The summed E-state index contributed by atoms with van der Waals surface area (Å²) in [6, 6.07) is -5.10. The van der Waals surface area contributed by atoms with Crippen LogP contribution in [0.5, 0.6) is 0 Å². The molecule has 4 unspecified atom stereocenters. The minimum atomic E-state index is -1.34. The number of hydrogen-bond acceptors (Lipinski definition) is 8. The number of rotatable bonds is 18. The van der Waals surface area contributed by atoms with Crippen LogP contribution in [0.2, 0.25) is 0 Å². The fourth-order valence-corrected chi connectivity index (χ4v) is 3.15. The second kappa shape index (κ2) is 16.7. The molecule has 37 heavy (non-hydrogen) atoms. The third-order valence-corrected chi connectivity index (χ3v) is 4.97. The molecule has 0 radical (unpaired) electrons. The molecule has 0 heterocycles. The van der Waals surface area contributed by atoms with E-state index in [1.54, 1.807) is 13.8 Å². The first kappa shape index (κ1) is 33.0. The SMILES string of the molecule is CC(C)CC(NC(=O)C(CCC(N)=O)NC(=O)C(N)CC(N)=O)C(=O)NC(CCCN=C(N)N)C(=O)O. The molecule has 0 saturated carbocycles. The van der Waals surface area contributed by atoms with Crippen LogP contribution >= 0.6 is 0 Å². The van der Waals surface area contributed by atoms with Crippen molar-refractivity contribution in [2.24, 2.45) is 39.6 Å². The maximum atomic E-state index is 13.0. The number of carbonyl (C=O) groups is 6. The molecule has 0 spiro atoms. The molecule has 0 bridgehead atoms. The van der Waals surface area contributed by atoms with Crippen molar-refractivity contribution in [3.8, 4) is 0 Å². The van der Waals surface area contributed by atoms with E-state index in [2.05, 4.69) is 20.9 Å². The predicted octanol–water partition coefficient (Wildman–Crippen LogP) is -3.91. The Morgan fingerprint density at radius 1 is 0.784 bits per heavy atom. The largest absolute Gasteiger partial charge is 0.480 e. The van der Waals surface area contributed by atoms with Crippen LogP contribution in [0.15, 0.2) is 4.99 Å². The monoisotopic (exact) mass is 529 g/mol. The summed E-state index contributed by atoms with van der Waals surface area (Å²) in [5, 5.41) is 16.7. The highest BCUT2D eigenvalue weighted by Crippen LogP contribution is 2.09. The van der Waals surface area contributed by atoms with Gasteiger partial charge in [-0.3, -0.25) is 29.0 Å². The fourth-order valence-electron chi connectivity index (χ4n) is 3.15. The molecule has 0 aromatic heterocycles. The molecule has 16 nitrogen and oxygen atoms in total. The summed E-state index contributed by atoms with van der Waals surface area (Å²) < 4.78 is 0. The van der Waals surface area contributed by atoms with Gasteiger partial charge < -0.3 is 49.7 Å². The van der Waals surface area contributed by atoms with Gasteiger partial charge in [0.15, 0.2) is 5.96 Å². The fraction of sp³-hybridized carbons (Fsp3) is 0.667. The Labute approximate surface area is 214 Å². The molecule has 0 aliphatic carbocycles. The molecular formula is C21H39N9O7. The maximum absolute atomic E-state index is 13.0. The van der Waals surface area contributed by atoms with E-state index in [1.165, 1.54) is 0 Å². The van der Waals surface area contributed by atoms with E-state index in [0.717, 1.165) is 0 Å².